The number of carbonyl (C=O) groups excluding carboxylic acids is 1. The first kappa shape index (κ1) is 10.4. The van der Waals surface area contributed by atoms with E-state index >= 15 is 0 Å². The third-order valence-corrected chi connectivity index (χ3v) is 1.17. The quantitative estimate of drug-likeness (QED) is 0.453. The summed E-state index contributed by atoms with van der Waals surface area (Å²) in [5.74, 6) is -0.281. The van der Waals surface area contributed by atoms with Crippen molar-refractivity contribution in [1.29, 1.82) is 0 Å². The molecule has 3 nitrogen and oxygen atoms in total. The first-order valence-corrected chi connectivity index (χ1v) is 3.99. The van der Waals surface area contributed by atoms with Crippen LogP contribution in [0.3, 0.4) is 0 Å². The molecule has 0 aliphatic heterocycles. The van der Waals surface area contributed by atoms with Crippen LogP contribution in [0.5, 0.6) is 0 Å². The highest BCUT2D eigenvalue weighted by atomic mass is 16.7. The van der Waals surface area contributed by atoms with Gasteiger partial charge in [-0.3, -0.25) is 4.79 Å². The average molecular weight is 160 g/mol. The molecule has 0 spiro atoms. The van der Waals surface area contributed by atoms with Gasteiger partial charge in [0.15, 0.2) is 0 Å². The molecule has 0 radical (unpaired) electrons. The van der Waals surface area contributed by atoms with Crippen LogP contribution in [0.4, 0.5) is 0 Å². The van der Waals surface area contributed by atoms with E-state index in [0.717, 1.165) is 12.8 Å². The Balaban J connectivity index is 3.59. The lowest BCUT2D eigenvalue weighted by atomic mass is 10.3. The number of hydrogen-bond donors (Lipinski definition) is 0. The minimum atomic E-state index is -0.345. The van der Waals surface area contributed by atoms with Crippen LogP contribution >= 0.6 is 0 Å². The van der Waals surface area contributed by atoms with Crippen LogP contribution in [0.2, 0.25) is 0 Å². The smallest absolute Gasteiger partial charge is 0.304 e. The van der Waals surface area contributed by atoms with E-state index in [0.29, 0.717) is 6.61 Å². The maximum atomic E-state index is 10.5. The van der Waals surface area contributed by atoms with E-state index in [2.05, 4.69) is 0 Å². The summed E-state index contributed by atoms with van der Waals surface area (Å²) < 4.78 is 10.0. The van der Waals surface area contributed by atoms with Crippen molar-refractivity contribution in [3.63, 3.8) is 0 Å². The summed E-state index contributed by atoms with van der Waals surface area (Å²) in [5.41, 5.74) is 0. The maximum absolute atomic E-state index is 10.5. The van der Waals surface area contributed by atoms with Crippen molar-refractivity contribution in [2.45, 2.75) is 39.9 Å². The van der Waals surface area contributed by atoms with Crippen molar-refractivity contribution in [2.75, 3.05) is 6.61 Å². The lowest BCUT2D eigenvalue weighted by Crippen LogP contribution is -2.19. The van der Waals surface area contributed by atoms with E-state index in [1.54, 1.807) is 0 Å². The highest BCUT2D eigenvalue weighted by Gasteiger charge is 2.08. The zero-order valence-electron chi connectivity index (χ0n) is 7.42. The Morgan fingerprint density at radius 2 is 2.09 bits per heavy atom. The molecule has 0 N–H and O–H groups in total. The fourth-order valence-electron chi connectivity index (χ4n) is 0.783. The Labute approximate surface area is 67.7 Å². The second-order valence-electron chi connectivity index (χ2n) is 2.28. The molecule has 0 amide bonds. The molecule has 0 aromatic heterocycles. The largest absolute Gasteiger partial charge is 0.436 e. The molecular formula is C8H16O3. The summed E-state index contributed by atoms with van der Waals surface area (Å²) in [6.07, 6.45) is 1.38. The molecular weight excluding hydrogens is 144 g/mol. The summed E-state index contributed by atoms with van der Waals surface area (Å²) >= 11 is 0. The minimum absolute atomic E-state index is 0.281. The molecule has 1 unspecified atom stereocenters. The van der Waals surface area contributed by atoms with E-state index in [-0.39, 0.29) is 12.3 Å². The fraction of sp³-hybridized carbons (Fsp3) is 0.875. The van der Waals surface area contributed by atoms with Crippen LogP contribution in [0.1, 0.15) is 33.6 Å². The van der Waals surface area contributed by atoms with Crippen molar-refractivity contribution in [3.05, 3.63) is 0 Å². The summed E-state index contributed by atoms with van der Waals surface area (Å²) in [6.45, 7) is 5.88. The van der Waals surface area contributed by atoms with Gasteiger partial charge in [0.05, 0.1) is 0 Å². The van der Waals surface area contributed by atoms with E-state index in [1.165, 1.54) is 6.92 Å². The standard InChI is InChI=1S/C8H16O3/c1-4-6-8(10-5-2)11-7(3)9/h8H,4-6H2,1-3H3. The van der Waals surface area contributed by atoms with Gasteiger partial charge in [-0.25, -0.2) is 0 Å². The molecule has 0 saturated carbocycles. The first-order chi connectivity index (χ1) is 5.20. The molecule has 0 fully saturated rings. The maximum Gasteiger partial charge on any atom is 0.304 e. The number of rotatable bonds is 5. The lowest BCUT2D eigenvalue weighted by molar-refractivity contribution is -0.176. The van der Waals surface area contributed by atoms with Crippen LogP contribution < -0.4 is 0 Å². The Morgan fingerprint density at radius 1 is 1.45 bits per heavy atom. The molecule has 11 heavy (non-hydrogen) atoms. The van der Waals surface area contributed by atoms with Gasteiger partial charge in [-0.15, -0.1) is 0 Å². The number of esters is 1. The summed E-state index contributed by atoms with van der Waals surface area (Å²) in [6, 6.07) is 0. The van der Waals surface area contributed by atoms with E-state index in [4.69, 9.17) is 9.47 Å². The van der Waals surface area contributed by atoms with Gasteiger partial charge in [0, 0.05) is 20.0 Å². The fourth-order valence-corrected chi connectivity index (χ4v) is 0.783. The van der Waals surface area contributed by atoms with Gasteiger partial charge in [-0.2, -0.15) is 0 Å². The van der Waals surface area contributed by atoms with E-state index in [9.17, 15) is 4.79 Å². The Bertz CT molecular complexity index is 106. The van der Waals surface area contributed by atoms with Crippen molar-refractivity contribution >= 4 is 5.97 Å². The molecule has 0 aromatic rings. The van der Waals surface area contributed by atoms with Crippen molar-refractivity contribution in [3.8, 4) is 0 Å². The molecule has 0 heterocycles. The zero-order valence-corrected chi connectivity index (χ0v) is 7.42. The van der Waals surface area contributed by atoms with Crippen LogP contribution in [-0.4, -0.2) is 18.9 Å². The second kappa shape index (κ2) is 6.16. The van der Waals surface area contributed by atoms with Gasteiger partial charge >= 0.3 is 5.97 Å². The molecule has 0 bridgehead atoms. The Hall–Kier alpha value is -0.570. The molecule has 0 aromatic carbocycles. The van der Waals surface area contributed by atoms with Gasteiger partial charge in [0.2, 0.25) is 6.29 Å². The van der Waals surface area contributed by atoms with Crippen LogP contribution in [0.15, 0.2) is 0 Å². The summed E-state index contributed by atoms with van der Waals surface area (Å²) in [7, 11) is 0. The van der Waals surface area contributed by atoms with Gasteiger partial charge in [0.25, 0.3) is 0 Å². The van der Waals surface area contributed by atoms with Crippen molar-refractivity contribution in [2.24, 2.45) is 0 Å². The predicted octanol–water partition coefficient (Wildman–Crippen LogP) is 1.71. The van der Waals surface area contributed by atoms with Gasteiger partial charge < -0.3 is 9.47 Å². The average Bonchev–Trinajstić information content (AvgIpc) is 1.87. The molecule has 0 aliphatic rings. The zero-order chi connectivity index (χ0) is 8.69. The lowest BCUT2D eigenvalue weighted by Gasteiger charge is -2.15. The van der Waals surface area contributed by atoms with Crippen LogP contribution in [-0.2, 0) is 14.3 Å². The minimum Gasteiger partial charge on any atom is -0.436 e. The topological polar surface area (TPSA) is 35.5 Å². The third kappa shape index (κ3) is 5.85. The van der Waals surface area contributed by atoms with Gasteiger partial charge in [-0.1, -0.05) is 13.3 Å². The van der Waals surface area contributed by atoms with Gasteiger partial charge in [0.1, 0.15) is 0 Å². The molecule has 0 aliphatic carbocycles. The van der Waals surface area contributed by atoms with Crippen LogP contribution in [0, 0.1) is 0 Å². The number of ether oxygens (including phenoxy) is 2. The molecule has 0 saturated heterocycles. The SMILES string of the molecule is CCCC(OCC)OC(C)=O. The number of carbonyl (C=O) groups is 1. The molecule has 66 valence electrons. The predicted molar refractivity (Wildman–Crippen MR) is 42.1 cm³/mol. The number of hydrogen-bond acceptors (Lipinski definition) is 3. The highest BCUT2D eigenvalue weighted by molar-refractivity contribution is 5.66. The normalized spacial score (nSPS) is 12.6. The summed E-state index contributed by atoms with van der Waals surface area (Å²) in [4.78, 5) is 10.5. The molecule has 0 rings (SSSR count). The third-order valence-electron chi connectivity index (χ3n) is 1.17. The monoisotopic (exact) mass is 160 g/mol. The first-order valence-electron chi connectivity index (χ1n) is 3.99. The van der Waals surface area contributed by atoms with Crippen molar-refractivity contribution in [1.82, 2.24) is 0 Å². The Kier molecular flexibility index (Phi) is 5.84. The second-order valence-corrected chi connectivity index (χ2v) is 2.28. The molecule has 3 heteroatoms. The van der Waals surface area contributed by atoms with Crippen LogP contribution in [0.25, 0.3) is 0 Å². The van der Waals surface area contributed by atoms with E-state index < -0.39 is 0 Å². The summed E-state index contributed by atoms with van der Waals surface area (Å²) in [5, 5.41) is 0. The highest BCUT2D eigenvalue weighted by Crippen LogP contribution is 2.03. The molecule has 1 atom stereocenters. The van der Waals surface area contributed by atoms with Gasteiger partial charge in [-0.05, 0) is 6.92 Å². The Morgan fingerprint density at radius 3 is 2.45 bits per heavy atom. The van der Waals surface area contributed by atoms with E-state index in [1.807, 2.05) is 13.8 Å². The van der Waals surface area contributed by atoms with Crippen molar-refractivity contribution < 1.29 is 14.3 Å².